The van der Waals surface area contributed by atoms with Crippen LogP contribution in [-0.4, -0.2) is 40.0 Å². The maximum absolute atomic E-state index is 12.4. The molecule has 2 heterocycles. The summed E-state index contributed by atoms with van der Waals surface area (Å²) in [5, 5.41) is 6.43. The minimum Gasteiger partial charge on any atom is -0.355 e. The summed E-state index contributed by atoms with van der Waals surface area (Å²) in [6.45, 7) is 3.08. The van der Waals surface area contributed by atoms with Crippen LogP contribution in [0.3, 0.4) is 0 Å². The highest BCUT2D eigenvalue weighted by atomic mass is 16.2. The Balaban J connectivity index is 1.50. The first-order chi connectivity index (χ1) is 13.6. The van der Waals surface area contributed by atoms with Gasteiger partial charge < -0.3 is 15.6 Å². The summed E-state index contributed by atoms with van der Waals surface area (Å²) in [5.41, 5.74) is 1.50. The van der Waals surface area contributed by atoms with Gasteiger partial charge in [0, 0.05) is 48.3 Å². The minimum absolute atomic E-state index is 0.0359. The van der Waals surface area contributed by atoms with Crippen LogP contribution in [0.15, 0.2) is 29.3 Å². The molecule has 1 amide bonds. The van der Waals surface area contributed by atoms with Crippen LogP contribution < -0.4 is 16.2 Å². The highest BCUT2D eigenvalue weighted by Crippen LogP contribution is 2.17. The third-order valence-corrected chi connectivity index (χ3v) is 5.25. The highest BCUT2D eigenvalue weighted by molar-refractivity contribution is 5.78. The molecule has 150 valence electrons. The molecule has 7 heteroatoms. The zero-order chi connectivity index (χ0) is 19.8. The number of nitrogens with one attached hydrogen (secondary N) is 3. The molecule has 1 saturated carbocycles. The Morgan fingerprint density at radius 3 is 2.54 bits per heavy atom. The Morgan fingerprint density at radius 1 is 1.14 bits per heavy atom. The predicted molar refractivity (Wildman–Crippen MR) is 109 cm³/mol. The number of pyridine rings is 1. The highest BCUT2D eigenvalue weighted by Gasteiger charge is 2.14. The fraction of sp³-hybridized carbons (Fsp3) is 0.524. The second kappa shape index (κ2) is 10.1. The Labute approximate surface area is 165 Å². The van der Waals surface area contributed by atoms with Gasteiger partial charge in [0.15, 0.2) is 0 Å². The van der Waals surface area contributed by atoms with Gasteiger partial charge in [-0.1, -0.05) is 25.7 Å². The molecule has 2 aromatic heterocycles. The smallest absolute Gasteiger partial charge is 0.255 e. The van der Waals surface area contributed by atoms with E-state index in [1.165, 1.54) is 38.5 Å². The molecular weight excluding hydrogens is 354 g/mol. The van der Waals surface area contributed by atoms with Crippen LogP contribution in [0.5, 0.6) is 0 Å². The molecule has 1 fully saturated rings. The zero-order valence-corrected chi connectivity index (χ0v) is 16.5. The van der Waals surface area contributed by atoms with Gasteiger partial charge in [-0.25, -0.2) is 4.98 Å². The molecule has 0 aliphatic heterocycles. The number of amides is 1. The summed E-state index contributed by atoms with van der Waals surface area (Å²) in [5.74, 6) is 0.330. The molecule has 2 aromatic rings. The molecule has 0 unspecified atom stereocenters. The number of aromatic nitrogens is 3. The number of hydrogen-bond acceptors (Lipinski definition) is 5. The van der Waals surface area contributed by atoms with E-state index in [0.29, 0.717) is 29.7 Å². The van der Waals surface area contributed by atoms with Crippen molar-refractivity contribution in [2.45, 2.75) is 57.9 Å². The average molecular weight is 383 g/mol. The summed E-state index contributed by atoms with van der Waals surface area (Å²) in [7, 11) is 0. The van der Waals surface area contributed by atoms with Gasteiger partial charge in [0.25, 0.3) is 5.56 Å². The van der Waals surface area contributed by atoms with Gasteiger partial charge >= 0.3 is 0 Å². The van der Waals surface area contributed by atoms with Crippen LogP contribution in [0.25, 0.3) is 11.4 Å². The molecule has 0 saturated heterocycles. The Morgan fingerprint density at radius 2 is 1.86 bits per heavy atom. The monoisotopic (exact) mass is 383 g/mol. The Hall–Kier alpha value is -2.54. The number of carbonyl (C=O) groups is 1. The minimum atomic E-state index is -0.272. The maximum Gasteiger partial charge on any atom is 0.255 e. The van der Waals surface area contributed by atoms with E-state index in [2.05, 4.69) is 25.6 Å². The largest absolute Gasteiger partial charge is 0.355 e. The van der Waals surface area contributed by atoms with E-state index in [-0.39, 0.29) is 17.9 Å². The van der Waals surface area contributed by atoms with E-state index >= 15 is 0 Å². The summed E-state index contributed by atoms with van der Waals surface area (Å²) in [6.07, 6.45) is 11.0. The molecule has 1 aliphatic rings. The molecule has 0 radical (unpaired) electrons. The lowest BCUT2D eigenvalue weighted by Gasteiger charge is -2.16. The Bertz CT molecular complexity index is 826. The molecule has 0 atom stereocenters. The third kappa shape index (κ3) is 5.73. The van der Waals surface area contributed by atoms with E-state index in [0.717, 1.165) is 12.1 Å². The number of aryl methyl sites for hydroxylation is 1. The van der Waals surface area contributed by atoms with Crippen molar-refractivity contribution in [2.24, 2.45) is 0 Å². The first kappa shape index (κ1) is 20.2. The number of H-pyrrole nitrogens is 1. The van der Waals surface area contributed by atoms with Crippen LogP contribution in [0.2, 0.25) is 0 Å². The van der Waals surface area contributed by atoms with Crippen LogP contribution >= 0.6 is 0 Å². The maximum atomic E-state index is 12.4. The van der Waals surface area contributed by atoms with E-state index in [1.807, 2.05) is 0 Å². The Kier molecular flexibility index (Phi) is 7.31. The van der Waals surface area contributed by atoms with Gasteiger partial charge in [-0.3, -0.25) is 14.6 Å². The molecule has 7 nitrogen and oxygen atoms in total. The van der Waals surface area contributed by atoms with Crippen molar-refractivity contribution in [3.63, 3.8) is 0 Å². The van der Waals surface area contributed by atoms with Crippen LogP contribution in [-0.2, 0) is 11.2 Å². The summed E-state index contributed by atoms with van der Waals surface area (Å²) in [4.78, 5) is 35.9. The summed E-state index contributed by atoms with van der Waals surface area (Å²) >= 11 is 0. The van der Waals surface area contributed by atoms with Crippen LogP contribution in [0, 0.1) is 6.92 Å². The van der Waals surface area contributed by atoms with Crippen molar-refractivity contribution in [3.05, 3.63) is 46.1 Å². The SMILES string of the molecule is Cc1nc(-c2ccncc2)[nH]c(=O)c1CC(=O)NCCNC1CCCCCC1. The van der Waals surface area contributed by atoms with Crippen molar-refractivity contribution < 1.29 is 4.79 Å². The fourth-order valence-electron chi connectivity index (χ4n) is 3.65. The lowest BCUT2D eigenvalue weighted by Crippen LogP contribution is -2.38. The van der Waals surface area contributed by atoms with Crippen LogP contribution in [0.1, 0.15) is 49.8 Å². The molecule has 3 N–H and O–H groups in total. The van der Waals surface area contributed by atoms with Gasteiger partial charge in [0.1, 0.15) is 5.82 Å². The second-order valence-corrected chi connectivity index (χ2v) is 7.38. The summed E-state index contributed by atoms with van der Waals surface area (Å²) in [6, 6.07) is 4.13. The fourth-order valence-corrected chi connectivity index (χ4v) is 3.65. The second-order valence-electron chi connectivity index (χ2n) is 7.38. The lowest BCUT2D eigenvalue weighted by molar-refractivity contribution is -0.120. The van der Waals surface area contributed by atoms with E-state index in [9.17, 15) is 9.59 Å². The van der Waals surface area contributed by atoms with Crippen LogP contribution in [0.4, 0.5) is 0 Å². The van der Waals surface area contributed by atoms with Gasteiger partial charge in [-0.15, -0.1) is 0 Å². The van der Waals surface area contributed by atoms with Crippen molar-refractivity contribution in [1.82, 2.24) is 25.6 Å². The molecule has 0 spiro atoms. The number of rotatable bonds is 7. The zero-order valence-electron chi connectivity index (χ0n) is 16.5. The van der Waals surface area contributed by atoms with Crippen molar-refractivity contribution in [2.75, 3.05) is 13.1 Å². The first-order valence-electron chi connectivity index (χ1n) is 10.1. The first-order valence-corrected chi connectivity index (χ1v) is 10.1. The molecule has 28 heavy (non-hydrogen) atoms. The molecule has 0 aromatic carbocycles. The van der Waals surface area contributed by atoms with E-state index in [1.54, 1.807) is 31.5 Å². The molecular formula is C21H29N5O2. The molecule has 3 rings (SSSR count). The van der Waals surface area contributed by atoms with Crippen molar-refractivity contribution in [1.29, 1.82) is 0 Å². The van der Waals surface area contributed by atoms with Gasteiger partial charge in [0.05, 0.1) is 6.42 Å². The van der Waals surface area contributed by atoms with Crippen molar-refractivity contribution in [3.8, 4) is 11.4 Å². The van der Waals surface area contributed by atoms with E-state index in [4.69, 9.17) is 0 Å². The topological polar surface area (TPSA) is 99.8 Å². The molecule has 1 aliphatic carbocycles. The number of hydrogen-bond donors (Lipinski definition) is 3. The third-order valence-electron chi connectivity index (χ3n) is 5.25. The van der Waals surface area contributed by atoms with Crippen molar-refractivity contribution >= 4 is 5.91 Å². The normalized spacial score (nSPS) is 15.2. The number of carbonyl (C=O) groups excluding carboxylic acids is 1. The predicted octanol–water partition coefficient (Wildman–Crippen LogP) is 2.11. The average Bonchev–Trinajstić information content (AvgIpc) is 2.97. The van der Waals surface area contributed by atoms with E-state index < -0.39 is 0 Å². The number of aromatic amines is 1. The quantitative estimate of drug-likeness (QED) is 0.502. The number of nitrogens with zero attached hydrogens (tertiary/aromatic N) is 2. The standard InChI is InChI=1S/C21H29N5O2/c1-15-18(21(28)26-20(25-15)16-8-10-22-11-9-16)14-19(27)24-13-12-23-17-6-4-2-3-5-7-17/h8-11,17,23H,2-7,12-14H2,1H3,(H,24,27)(H,25,26,28). The molecule has 0 bridgehead atoms. The summed E-state index contributed by atoms with van der Waals surface area (Å²) < 4.78 is 0. The lowest BCUT2D eigenvalue weighted by atomic mass is 10.1. The van der Waals surface area contributed by atoms with Gasteiger partial charge in [-0.05, 0) is 31.9 Å². The van der Waals surface area contributed by atoms with Gasteiger partial charge in [0.2, 0.25) is 5.91 Å². The van der Waals surface area contributed by atoms with Gasteiger partial charge in [-0.2, -0.15) is 0 Å².